The van der Waals surface area contributed by atoms with Gasteiger partial charge >= 0.3 is 0 Å². The molecule has 0 saturated carbocycles. The molecule has 0 aliphatic carbocycles. The first-order valence-corrected chi connectivity index (χ1v) is 9.53. The fraction of sp³-hybridized carbons (Fsp3) is 0.0455. The molecule has 2 N–H and O–H groups in total. The summed E-state index contributed by atoms with van der Waals surface area (Å²) in [5, 5.41) is 15.4. The predicted octanol–water partition coefficient (Wildman–Crippen LogP) is 5.16. The van der Waals surface area contributed by atoms with Crippen LogP contribution in [0.3, 0.4) is 0 Å². The van der Waals surface area contributed by atoms with Crippen LogP contribution in [-0.2, 0) is 0 Å². The van der Waals surface area contributed by atoms with Crippen LogP contribution in [0, 0.1) is 0 Å². The molecule has 0 fully saturated rings. The maximum Gasteiger partial charge on any atom is 0.253 e. The van der Waals surface area contributed by atoms with E-state index in [1.54, 1.807) is 60.9 Å². The third-order valence-electron chi connectivity index (χ3n) is 4.57. The van der Waals surface area contributed by atoms with Crippen molar-refractivity contribution in [3.63, 3.8) is 0 Å². The maximum atomic E-state index is 12.8. The molecule has 2 aromatic carbocycles. The van der Waals surface area contributed by atoms with Crippen molar-refractivity contribution in [2.45, 2.75) is 6.04 Å². The zero-order valence-corrected chi connectivity index (χ0v) is 16.5. The fourth-order valence-corrected chi connectivity index (χ4v) is 3.68. The molecule has 0 aliphatic heterocycles. The number of carbonyl (C=O) groups is 1. The summed E-state index contributed by atoms with van der Waals surface area (Å²) in [7, 11) is 0. The Kier molecular flexibility index (Phi) is 5.34. The molecule has 0 spiro atoms. The van der Waals surface area contributed by atoms with Crippen LogP contribution in [0.5, 0.6) is 5.75 Å². The second-order valence-corrected chi connectivity index (χ2v) is 7.18. The van der Waals surface area contributed by atoms with Crippen LogP contribution in [-0.4, -0.2) is 21.0 Å². The van der Waals surface area contributed by atoms with E-state index in [1.807, 2.05) is 6.07 Å². The molecule has 1 atom stereocenters. The summed E-state index contributed by atoms with van der Waals surface area (Å²) in [5.41, 5.74) is 1.75. The van der Waals surface area contributed by atoms with Gasteiger partial charge in [-0.1, -0.05) is 41.4 Å². The number of amides is 1. The number of phenols is 1. The van der Waals surface area contributed by atoms with Gasteiger partial charge in [-0.2, -0.15) is 0 Å². The number of pyridine rings is 2. The van der Waals surface area contributed by atoms with Gasteiger partial charge in [-0.15, -0.1) is 0 Å². The number of rotatable bonds is 4. The molecule has 2 heterocycles. The molecule has 0 bridgehead atoms. The number of phenolic OH excluding ortho intramolecular Hbond substituents is 1. The average Bonchev–Trinajstić information content (AvgIpc) is 2.76. The summed E-state index contributed by atoms with van der Waals surface area (Å²) in [6.45, 7) is 0. The van der Waals surface area contributed by atoms with E-state index in [9.17, 15) is 9.90 Å². The van der Waals surface area contributed by atoms with E-state index in [4.69, 9.17) is 23.2 Å². The minimum atomic E-state index is -0.750. The van der Waals surface area contributed by atoms with E-state index in [2.05, 4.69) is 15.3 Å². The number of halogens is 2. The molecule has 5 nitrogen and oxygen atoms in total. The molecule has 144 valence electrons. The SMILES string of the molecule is O=C(NC(c1ccccc1Cl)c1cc(Cl)c2cccnc2c1O)c1cccnc1. The van der Waals surface area contributed by atoms with E-state index in [-0.39, 0.29) is 11.7 Å². The standard InChI is InChI=1S/C22H15Cl2N3O2/c23-17-8-2-1-6-14(17)19(27-22(29)13-5-3-9-25-12-13)16-11-18(24)15-7-4-10-26-20(15)21(16)28/h1-12,19,28H,(H,27,29). The molecule has 1 amide bonds. The van der Waals surface area contributed by atoms with Gasteiger partial charge < -0.3 is 10.4 Å². The molecular weight excluding hydrogens is 409 g/mol. The van der Waals surface area contributed by atoms with E-state index in [0.717, 1.165) is 0 Å². The van der Waals surface area contributed by atoms with Gasteiger partial charge in [0, 0.05) is 34.6 Å². The van der Waals surface area contributed by atoms with Crippen molar-refractivity contribution in [3.05, 3.63) is 99.9 Å². The van der Waals surface area contributed by atoms with Crippen molar-refractivity contribution < 1.29 is 9.90 Å². The molecule has 1 unspecified atom stereocenters. The highest BCUT2D eigenvalue weighted by molar-refractivity contribution is 6.35. The van der Waals surface area contributed by atoms with Crippen LogP contribution in [0.2, 0.25) is 10.0 Å². The molecule has 0 radical (unpaired) electrons. The Morgan fingerprint density at radius 2 is 1.76 bits per heavy atom. The summed E-state index contributed by atoms with van der Waals surface area (Å²) in [4.78, 5) is 21.1. The van der Waals surface area contributed by atoms with E-state index in [0.29, 0.717) is 37.6 Å². The van der Waals surface area contributed by atoms with Crippen LogP contribution in [0.25, 0.3) is 10.9 Å². The van der Waals surface area contributed by atoms with Gasteiger partial charge in [-0.25, -0.2) is 0 Å². The number of aromatic nitrogens is 2. The molecule has 4 rings (SSSR count). The number of hydrogen-bond donors (Lipinski definition) is 2. The molecule has 0 aliphatic rings. The summed E-state index contributed by atoms with van der Waals surface area (Å²) in [5.74, 6) is -0.430. The van der Waals surface area contributed by atoms with Gasteiger partial charge in [-0.3, -0.25) is 14.8 Å². The third-order valence-corrected chi connectivity index (χ3v) is 5.23. The first-order valence-electron chi connectivity index (χ1n) is 8.77. The Morgan fingerprint density at radius 1 is 0.966 bits per heavy atom. The topological polar surface area (TPSA) is 75.1 Å². The van der Waals surface area contributed by atoms with Gasteiger partial charge in [0.1, 0.15) is 11.3 Å². The Balaban J connectivity index is 1.87. The van der Waals surface area contributed by atoms with Gasteiger partial charge in [0.2, 0.25) is 0 Å². The van der Waals surface area contributed by atoms with Gasteiger partial charge in [0.25, 0.3) is 5.91 Å². The Bertz CT molecular complexity index is 1200. The molecule has 29 heavy (non-hydrogen) atoms. The lowest BCUT2D eigenvalue weighted by Gasteiger charge is -2.23. The first-order chi connectivity index (χ1) is 14.1. The van der Waals surface area contributed by atoms with Crippen molar-refractivity contribution >= 4 is 40.0 Å². The minimum Gasteiger partial charge on any atom is -0.505 e. The van der Waals surface area contributed by atoms with Crippen molar-refractivity contribution in [1.82, 2.24) is 15.3 Å². The lowest BCUT2D eigenvalue weighted by molar-refractivity contribution is 0.0942. The fourth-order valence-electron chi connectivity index (χ4n) is 3.17. The number of fused-ring (bicyclic) bond motifs is 1. The monoisotopic (exact) mass is 423 g/mol. The lowest BCUT2D eigenvalue weighted by atomic mass is 9.95. The van der Waals surface area contributed by atoms with Gasteiger partial charge in [0.15, 0.2) is 0 Å². The normalized spacial score (nSPS) is 11.9. The van der Waals surface area contributed by atoms with Gasteiger partial charge in [0.05, 0.1) is 16.6 Å². The first kappa shape index (κ1) is 19.2. The number of aromatic hydroxyl groups is 1. The van der Waals surface area contributed by atoms with Crippen molar-refractivity contribution in [3.8, 4) is 5.75 Å². The molecule has 7 heteroatoms. The Labute approximate surface area is 177 Å². The Hall–Kier alpha value is -3.15. The van der Waals surface area contributed by atoms with Crippen molar-refractivity contribution in [2.24, 2.45) is 0 Å². The zero-order valence-electron chi connectivity index (χ0n) is 15.0. The Morgan fingerprint density at radius 3 is 2.52 bits per heavy atom. The number of nitrogens with one attached hydrogen (secondary N) is 1. The van der Waals surface area contributed by atoms with E-state index in [1.165, 1.54) is 6.20 Å². The van der Waals surface area contributed by atoms with Crippen molar-refractivity contribution in [1.29, 1.82) is 0 Å². The van der Waals surface area contributed by atoms with Crippen LogP contribution in [0.1, 0.15) is 27.5 Å². The van der Waals surface area contributed by atoms with Crippen molar-refractivity contribution in [2.75, 3.05) is 0 Å². The van der Waals surface area contributed by atoms with E-state index < -0.39 is 6.04 Å². The van der Waals surface area contributed by atoms with Crippen LogP contribution >= 0.6 is 23.2 Å². The largest absolute Gasteiger partial charge is 0.505 e. The zero-order chi connectivity index (χ0) is 20.4. The number of benzene rings is 2. The van der Waals surface area contributed by atoms with Gasteiger partial charge in [-0.05, 0) is 42.0 Å². The van der Waals surface area contributed by atoms with E-state index >= 15 is 0 Å². The second kappa shape index (κ2) is 8.07. The lowest BCUT2D eigenvalue weighted by Crippen LogP contribution is -2.29. The highest BCUT2D eigenvalue weighted by atomic mass is 35.5. The summed E-state index contributed by atoms with van der Waals surface area (Å²) < 4.78 is 0. The summed E-state index contributed by atoms with van der Waals surface area (Å²) in [6.07, 6.45) is 4.62. The molecule has 4 aromatic rings. The highest BCUT2D eigenvalue weighted by Gasteiger charge is 2.25. The summed E-state index contributed by atoms with van der Waals surface area (Å²) >= 11 is 12.9. The van der Waals surface area contributed by atoms with Crippen LogP contribution in [0.15, 0.2) is 73.2 Å². The third kappa shape index (κ3) is 3.75. The maximum absolute atomic E-state index is 12.8. The molecular formula is C22H15Cl2N3O2. The highest BCUT2D eigenvalue weighted by Crippen LogP contribution is 2.39. The number of nitrogens with zero attached hydrogens (tertiary/aromatic N) is 2. The number of carbonyl (C=O) groups excluding carboxylic acids is 1. The number of hydrogen-bond acceptors (Lipinski definition) is 4. The molecule has 2 aromatic heterocycles. The predicted molar refractivity (Wildman–Crippen MR) is 113 cm³/mol. The quantitative estimate of drug-likeness (QED) is 0.475. The van der Waals surface area contributed by atoms with Crippen LogP contribution in [0.4, 0.5) is 0 Å². The summed E-state index contributed by atoms with van der Waals surface area (Å²) in [6, 6.07) is 14.8. The van der Waals surface area contributed by atoms with Crippen LogP contribution < -0.4 is 5.32 Å². The smallest absolute Gasteiger partial charge is 0.253 e. The molecule has 0 saturated heterocycles. The minimum absolute atomic E-state index is 0.0681. The average molecular weight is 424 g/mol. The second-order valence-electron chi connectivity index (χ2n) is 6.37.